The number of phenolic OH excluding ortho intramolecular Hbond substituents is 1. The minimum atomic E-state index is 0.299. The first-order chi connectivity index (χ1) is 5.15. The lowest BCUT2D eigenvalue weighted by Gasteiger charge is -2.03. The van der Waals surface area contributed by atoms with Crippen molar-refractivity contribution >= 4 is 56.8 Å². The SMILES string of the molecule is Oc1cc(I)c(CCl)c(I)c1. The fourth-order valence-electron chi connectivity index (χ4n) is 0.717. The number of hydrogen-bond acceptors (Lipinski definition) is 1. The molecule has 0 radical (unpaired) electrons. The van der Waals surface area contributed by atoms with Crippen LogP contribution in [-0.2, 0) is 5.88 Å². The molecular weight excluding hydrogens is 389 g/mol. The molecule has 0 heterocycles. The van der Waals surface area contributed by atoms with Crippen LogP contribution in [-0.4, -0.2) is 5.11 Å². The van der Waals surface area contributed by atoms with Gasteiger partial charge in [-0.15, -0.1) is 11.6 Å². The summed E-state index contributed by atoms with van der Waals surface area (Å²) in [6.45, 7) is 0. The molecular formula is C7H5ClI2O. The molecule has 0 aliphatic rings. The van der Waals surface area contributed by atoms with Crippen LogP contribution in [0.5, 0.6) is 5.75 Å². The molecule has 0 atom stereocenters. The summed E-state index contributed by atoms with van der Waals surface area (Å²) in [5.74, 6) is 0.796. The molecule has 1 rings (SSSR count). The van der Waals surface area contributed by atoms with Crippen molar-refractivity contribution in [3.63, 3.8) is 0 Å². The van der Waals surface area contributed by atoms with Crippen LogP contribution in [0.1, 0.15) is 5.56 Å². The fourth-order valence-corrected chi connectivity index (χ4v) is 3.57. The summed E-state index contributed by atoms with van der Waals surface area (Å²) in [4.78, 5) is 0. The average Bonchev–Trinajstić information content (AvgIpc) is 1.85. The first kappa shape index (κ1) is 9.85. The van der Waals surface area contributed by atoms with Crippen molar-refractivity contribution in [2.24, 2.45) is 0 Å². The third kappa shape index (κ3) is 2.35. The van der Waals surface area contributed by atoms with E-state index in [2.05, 4.69) is 45.2 Å². The van der Waals surface area contributed by atoms with E-state index in [1.807, 2.05) is 0 Å². The van der Waals surface area contributed by atoms with Gasteiger partial charge in [-0.3, -0.25) is 0 Å². The molecule has 0 bridgehead atoms. The Balaban J connectivity index is 3.25. The Labute approximate surface area is 97.4 Å². The molecule has 11 heavy (non-hydrogen) atoms. The van der Waals surface area contributed by atoms with Gasteiger partial charge in [-0.05, 0) is 62.9 Å². The second-order valence-corrected chi connectivity index (χ2v) is 4.61. The molecule has 0 aliphatic heterocycles. The van der Waals surface area contributed by atoms with Crippen LogP contribution in [0.25, 0.3) is 0 Å². The summed E-state index contributed by atoms with van der Waals surface area (Å²) in [7, 11) is 0. The Morgan fingerprint density at radius 2 is 1.73 bits per heavy atom. The van der Waals surface area contributed by atoms with E-state index in [0.717, 1.165) is 12.7 Å². The van der Waals surface area contributed by atoms with Crippen molar-refractivity contribution in [2.45, 2.75) is 5.88 Å². The van der Waals surface area contributed by atoms with Crippen LogP contribution in [0.2, 0.25) is 0 Å². The molecule has 1 nitrogen and oxygen atoms in total. The van der Waals surface area contributed by atoms with Gasteiger partial charge in [0, 0.05) is 13.0 Å². The van der Waals surface area contributed by atoms with Gasteiger partial charge < -0.3 is 5.11 Å². The lowest BCUT2D eigenvalue weighted by atomic mass is 10.2. The molecule has 4 heteroatoms. The van der Waals surface area contributed by atoms with E-state index in [1.165, 1.54) is 0 Å². The minimum absolute atomic E-state index is 0.299. The highest BCUT2D eigenvalue weighted by Gasteiger charge is 2.04. The third-order valence-electron chi connectivity index (χ3n) is 1.26. The second kappa shape index (κ2) is 4.13. The van der Waals surface area contributed by atoms with Gasteiger partial charge >= 0.3 is 0 Å². The highest BCUT2D eigenvalue weighted by atomic mass is 127. The zero-order valence-electron chi connectivity index (χ0n) is 5.44. The lowest BCUT2D eigenvalue weighted by Crippen LogP contribution is -1.88. The Morgan fingerprint density at radius 3 is 2.09 bits per heavy atom. The van der Waals surface area contributed by atoms with E-state index >= 15 is 0 Å². The van der Waals surface area contributed by atoms with E-state index < -0.39 is 0 Å². The van der Waals surface area contributed by atoms with Crippen molar-refractivity contribution in [1.29, 1.82) is 0 Å². The Morgan fingerprint density at radius 1 is 1.27 bits per heavy atom. The number of aromatic hydroxyl groups is 1. The standard InChI is InChI=1S/C7H5ClI2O/c8-3-5-6(9)1-4(11)2-7(5)10/h1-2,11H,3H2. The molecule has 0 aromatic heterocycles. The van der Waals surface area contributed by atoms with Crippen LogP contribution in [0.3, 0.4) is 0 Å². The third-order valence-corrected chi connectivity index (χ3v) is 3.45. The molecule has 0 amide bonds. The van der Waals surface area contributed by atoms with Crippen LogP contribution in [0.4, 0.5) is 0 Å². The largest absolute Gasteiger partial charge is 0.508 e. The Kier molecular flexibility index (Phi) is 3.70. The maximum Gasteiger partial charge on any atom is 0.117 e. The van der Waals surface area contributed by atoms with Crippen molar-refractivity contribution in [3.05, 3.63) is 24.8 Å². The van der Waals surface area contributed by atoms with Gasteiger partial charge in [0.05, 0.1) is 0 Å². The number of phenols is 1. The molecule has 0 saturated carbocycles. The van der Waals surface area contributed by atoms with Gasteiger partial charge in [0.15, 0.2) is 0 Å². The highest BCUT2D eigenvalue weighted by Crippen LogP contribution is 2.25. The maximum atomic E-state index is 9.16. The van der Waals surface area contributed by atoms with Crippen molar-refractivity contribution in [2.75, 3.05) is 0 Å². The summed E-state index contributed by atoms with van der Waals surface area (Å²) >= 11 is 10.0. The topological polar surface area (TPSA) is 20.2 Å². The van der Waals surface area contributed by atoms with E-state index in [4.69, 9.17) is 16.7 Å². The monoisotopic (exact) mass is 394 g/mol. The number of rotatable bonds is 1. The van der Waals surface area contributed by atoms with Gasteiger partial charge in [-0.1, -0.05) is 0 Å². The van der Waals surface area contributed by atoms with Gasteiger partial charge in [0.1, 0.15) is 5.75 Å². The molecule has 1 aromatic carbocycles. The normalized spacial score (nSPS) is 10.1. The Hall–Kier alpha value is 0.770. The molecule has 60 valence electrons. The fraction of sp³-hybridized carbons (Fsp3) is 0.143. The summed E-state index contributed by atoms with van der Waals surface area (Å²) in [5, 5.41) is 9.16. The maximum absolute atomic E-state index is 9.16. The first-order valence-corrected chi connectivity index (χ1v) is 5.57. The van der Waals surface area contributed by atoms with Crippen LogP contribution in [0, 0.1) is 7.14 Å². The van der Waals surface area contributed by atoms with Crippen LogP contribution in [0.15, 0.2) is 12.1 Å². The molecule has 1 N–H and O–H groups in total. The number of alkyl halides is 1. The lowest BCUT2D eigenvalue weighted by molar-refractivity contribution is 0.474. The van der Waals surface area contributed by atoms with E-state index in [1.54, 1.807) is 12.1 Å². The predicted molar refractivity (Wildman–Crippen MR) is 63.1 cm³/mol. The summed E-state index contributed by atoms with van der Waals surface area (Å²) in [6.07, 6.45) is 0. The zero-order chi connectivity index (χ0) is 8.43. The summed E-state index contributed by atoms with van der Waals surface area (Å²) < 4.78 is 2.03. The minimum Gasteiger partial charge on any atom is -0.508 e. The van der Waals surface area contributed by atoms with Gasteiger partial charge in [-0.25, -0.2) is 0 Å². The zero-order valence-corrected chi connectivity index (χ0v) is 10.5. The molecule has 0 unspecified atom stereocenters. The van der Waals surface area contributed by atoms with Gasteiger partial charge in [-0.2, -0.15) is 0 Å². The predicted octanol–water partition coefficient (Wildman–Crippen LogP) is 3.34. The van der Waals surface area contributed by atoms with E-state index in [9.17, 15) is 0 Å². The molecule has 0 spiro atoms. The Bertz CT molecular complexity index is 252. The number of halogens is 3. The van der Waals surface area contributed by atoms with E-state index in [0.29, 0.717) is 11.6 Å². The average molecular weight is 394 g/mol. The highest BCUT2D eigenvalue weighted by molar-refractivity contribution is 14.1. The summed E-state index contributed by atoms with van der Waals surface area (Å²) in [5.41, 5.74) is 1.09. The first-order valence-electron chi connectivity index (χ1n) is 2.88. The van der Waals surface area contributed by atoms with Crippen molar-refractivity contribution < 1.29 is 5.11 Å². The molecule has 0 aliphatic carbocycles. The molecule has 1 aromatic rings. The van der Waals surface area contributed by atoms with Gasteiger partial charge in [0.2, 0.25) is 0 Å². The molecule has 0 fully saturated rings. The van der Waals surface area contributed by atoms with Crippen molar-refractivity contribution in [3.8, 4) is 5.75 Å². The quantitative estimate of drug-likeness (QED) is 0.572. The summed E-state index contributed by atoms with van der Waals surface area (Å²) in [6, 6.07) is 3.42. The number of hydrogen-bond donors (Lipinski definition) is 1. The second-order valence-electron chi connectivity index (χ2n) is 2.02. The van der Waals surface area contributed by atoms with Crippen LogP contribution >= 0.6 is 56.8 Å². The van der Waals surface area contributed by atoms with Crippen molar-refractivity contribution in [1.82, 2.24) is 0 Å². The molecule has 0 saturated heterocycles. The van der Waals surface area contributed by atoms with E-state index in [-0.39, 0.29) is 0 Å². The van der Waals surface area contributed by atoms with Gasteiger partial charge in [0.25, 0.3) is 0 Å². The smallest absolute Gasteiger partial charge is 0.117 e. The van der Waals surface area contributed by atoms with Crippen LogP contribution < -0.4 is 0 Å². The number of benzene rings is 1.